The van der Waals surface area contributed by atoms with E-state index in [2.05, 4.69) is 52.7 Å². The first-order valence-electron chi connectivity index (χ1n) is 16.4. The summed E-state index contributed by atoms with van der Waals surface area (Å²) in [6.45, 7) is 6.18. The fourth-order valence-corrected chi connectivity index (χ4v) is 7.21. The highest BCUT2D eigenvalue weighted by atomic mass is 35.5. The zero-order valence-electron chi connectivity index (χ0n) is 27.0. The van der Waals surface area contributed by atoms with Gasteiger partial charge in [0, 0.05) is 37.6 Å². The maximum absolute atomic E-state index is 14.3. The van der Waals surface area contributed by atoms with Crippen molar-refractivity contribution in [3.8, 4) is 11.1 Å². The zero-order chi connectivity index (χ0) is 32.5. The fourth-order valence-electron chi connectivity index (χ4n) is 6.95. The van der Waals surface area contributed by atoms with Crippen LogP contribution in [0.5, 0.6) is 0 Å². The summed E-state index contributed by atoms with van der Waals surface area (Å²) in [6.07, 6.45) is 1.13. The predicted octanol–water partition coefficient (Wildman–Crippen LogP) is 6.88. The molecule has 0 aliphatic carbocycles. The molecule has 0 radical (unpaired) electrons. The van der Waals surface area contributed by atoms with Crippen LogP contribution in [0.25, 0.3) is 21.9 Å². The molecule has 0 unspecified atom stereocenters. The van der Waals surface area contributed by atoms with Crippen molar-refractivity contribution >= 4 is 39.9 Å². The summed E-state index contributed by atoms with van der Waals surface area (Å²) in [5, 5.41) is 2.70. The monoisotopic (exact) mass is 645 g/mol. The number of piperazine rings is 1. The van der Waals surface area contributed by atoms with Gasteiger partial charge in [0.2, 0.25) is 0 Å². The maximum Gasteiger partial charge on any atom is 0.270 e. The van der Waals surface area contributed by atoms with Gasteiger partial charge in [-0.1, -0.05) is 78.3 Å². The van der Waals surface area contributed by atoms with Crippen molar-refractivity contribution in [2.24, 2.45) is 0 Å². The Labute approximate surface area is 281 Å². The van der Waals surface area contributed by atoms with E-state index in [9.17, 15) is 9.59 Å². The minimum absolute atomic E-state index is 0.0496. The summed E-state index contributed by atoms with van der Waals surface area (Å²) in [5.74, 6) is -0.117. The number of nitrogens with zero attached hydrogens (tertiary/aromatic N) is 5. The quantitative estimate of drug-likeness (QED) is 0.194. The normalized spacial score (nSPS) is 15.1. The summed E-state index contributed by atoms with van der Waals surface area (Å²) < 4.78 is 2.09. The molecule has 0 spiro atoms. The lowest BCUT2D eigenvalue weighted by molar-refractivity contribution is 0.0623. The van der Waals surface area contributed by atoms with Crippen molar-refractivity contribution in [1.82, 2.24) is 19.3 Å². The van der Waals surface area contributed by atoms with Crippen LogP contribution >= 0.6 is 11.6 Å². The van der Waals surface area contributed by atoms with Crippen LogP contribution < -0.4 is 4.90 Å². The van der Waals surface area contributed by atoms with Gasteiger partial charge in [0.25, 0.3) is 11.8 Å². The molecule has 4 aromatic carbocycles. The number of aromatic nitrogens is 1. The summed E-state index contributed by atoms with van der Waals surface area (Å²) in [6, 6.07) is 32.1. The van der Waals surface area contributed by atoms with E-state index < -0.39 is 0 Å². The topological polar surface area (TPSA) is 52.0 Å². The van der Waals surface area contributed by atoms with Gasteiger partial charge >= 0.3 is 0 Å². The molecule has 2 aliphatic rings. The van der Waals surface area contributed by atoms with Gasteiger partial charge in [-0.25, -0.2) is 0 Å². The van der Waals surface area contributed by atoms with Gasteiger partial charge in [-0.3, -0.25) is 14.5 Å². The summed E-state index contributed by atoms with van der Waals surface area (Å²) >= 11 is 6.89. The number of carbonyl (C=O) groups excluding carboxylic acids is 2. The third kappa shape index (κ3) is 6.31. The molecule has 0 atom stereocenters. The van der Waals surface area contributed by atoms with E-state index >= 15 is 0 Å². The molecule has 0 bridgehead atoms. The third-order valence-electron chi connectivity index (χ3n) is 9.51. The van der Waals surface area contributed by atoms with Gasteiger partial charge in [0.05, 0.1) is 23.7 Å². The zero-order valence-corrected chi connectivity index (χ0v) is 27.8. The van der Waals surface area contributed by atoms with E-state index in [-0.39, 0.29) is 11.8 Å². The van der Waals surface area contributed by atoms with Crippen LogP contribution in [0.15, 0.2) is 97.1 Å². The number of hydrogen-bond donors (Lipinski definition) is 0. The van der Waals surface area contributed by atoms with Crippen molar-refractivity contribution in [1.29, 1.82) is 0 Å². The maximum atomic E-state index is 14.3. The lowest BCUT2D eigenvalue weighted by atomic mass is 9.97. The van der Waals surface area contributed by atoms with Gasteiger partial charge in [0.15, 0.2) is 0 Å². The molecule has 240 valence electrons. The standard InChI is InChI=1S/C39H40ClN5O2/c1-41(2)19-8-20-42-21-23-43(24-22-42)39(47)37-18-16-31-27-45(36-14-6-4-10-30(36)26-44(31)37)38(46)34-17-15-29(25-35(34)40)33-13-7-11-28-9-3-5-12-32(28)33/h3-7,9-18,25H,8,19-24,26-27H2,1-2H3. The van der Waals surface area contributed by atoms with E-state index in [1.807, 2.05) is 77.7 Å². The van der Waals surface area contributed by atoms with Gasteiger partial charge in [-0.15, -0.1) is 0 Å². The first kappa shape index (κ1) is 31.2. The molecule has 3 heterocycles. The van der Waals surface area contributed by atoms with E-state index in [4.69, 9.17) is 11.6 Å². The van der Waals surface area contributed by atoms with Gasteiger partial charge < -0.3 is 19.3 Å². The first-order chi connectivity index (χ1) is 22.9. The fraction of sp³-hybridized carbons (Fsp3) is 0.282. The van der Waals surface area contributed by atoms with Crippen LogP contribution in [-0.4, -0.2) is 84.4 Å². The number of fused-ring (bicyclic) bond motifs is 3. The summed E-state index contributed by atoms with van der Waals surface area (Å²) in [4.78, 5) is 36.6. The van der Waals surface area contributed by atoms with E-state index in [0.717, 1.165) is 84.5 Å². The Balaban J connectivity index is 1.13. The average molecular weight is 646 g/mol. The average Bonchev–Trinajstić information content (AvgIpc) is 3.40. The number of amides is 2. The minimum atomic E-state index is -0.167. The Morgan fingerprint density at radius 3 is 2.36 bits per heavy atom. The minimum Gasteiger partial charge on any atom is -0.335 e. The smallest absolute Gasteiger partial charge is 0.270 e. The number of carbonyl (C=O) groups is 2. The number of rotatable bonds is 7. The first-order valence-corrected chi connectivity index (χ1v) is 16.8. The summed E-state index contributed by atoms with van der Waals surface area (Å²) in [5.41, 5.74) is 5.90. The number of hydrogen-bond acceptors (Lipinski definition) is 4. The second-order valence-corrected chi connectivity index (χ2v) is 13.2. The van der Waals surface area contributed by atoms with E-state index in [1.54, 1.807) is 4.90 Å². The molecule has 1 fully saturated rings. The molecule has 1 saturated heterocycles. The number of halogens is 1. The molecule has 0 saturated carbocycles. The molecule has 8 heteroatoms. The molecule has 1 aromatic heterocycles. The molecular formula is C39H40ClN5O2. The predicted molar refractivity (Wildman–Crippen MR) is 190 cm³/mol. The van der Waals surface area contributed by atoms with Gasteiger partial charge in [0.1, 0.15) is 5.69 Å². The van der Waals surface area contributed by atoms with Crippen LogP contribution in [0.2, 0.25) is 5.02 Å². The molecule has 7 nitrogen and oxygen atoms in total. The second kappa shape index (κ2) is 13.4. The molecule has 2 aliphatic heterocycles. The Kier molecular flexibility index (Phi) is 8.86. The molecule has 5 aromatic rings. The number of anilines is 1. The largest absolute Gasteiger partial charge is 0.335 e. The molecule has 0 N–H and O–H groups in total. The summed E-state index contributed by atoms with van der Waals surface area (Å²) in [7, 11) is 4.20. The number of benzene rings is 4. The van der Waals surface area contributed by atoms with E-state index in [1.165, 1.54) is 0 Å². The third-order valence-corrected chi connectivity index (χ3v) is 9.82. The van der Waals surface area contributed by atoms with Crippen molar-refractivity contribution in [2.75, 3.05) is 58.3 Å². The highest BCUT2D eigenvalue weighted by molar-refractivity contribution is 6.35. The van der Waals surface area contributed by atoms with Crippen molar-refractivity contribution in [3.63, 3.8) is 0 Å². The van der Waals surface area contributed by atoms with Crippen molar-refractivity contribution in [2.45, 2.75) is 19.5 Å². The van der Waals surface area contributed by atoms with Crippen molar-refractivity contribution < 1.29 is 9.59 Å². The van der Waals surface area contributed by atoms with Crippen LogP contribution in [-0.2, 0) is 13.1 Å². The van der Waals surface area contributed by atoms with Crippen LogP contribution in [0.4, 0.5) is 5.69 Å². The highest BCUT2D eigenvalue weighted by Gasteiger charge is 2.30. The van der Waals surface area contributed by atoms with E-state index in [0.29, 0.717) is 29.4 Å². The SMILES string of the molecule is CN(C)CCCN1CCN(C(=O)c2ccc3n2Cc2ccccc2N(C(=O)c2ccc(-c4cccc5ccccc45)cc2Cl)C3)CC1. The Bertz CT molecular complexity index is 1940. The lowest BCUT2D eigenvalue weighted by Crippen LogP contribution is -2.49. The highest BCUT2D eigenvalue weighted by Crippen LogP contribution is 2.35. The number of para-hydroxylation sites is 1. The molecule has 2 amide bonds. The van der Waals surface area contributed by atoms with Gasteiger partial charge in [-0.2, -0.15) is 0 Å². The van der Waals surface area contributed by atoms with Crippen molar-refractivity contribution in [3.05, 3.63) is 125 Å². The van der Waals surface area contributed by atoms with Crippen LogP contribution in [0.3, 0.4) is 0 Å². The molecule has 47 heavy (non-hydrogen) atoms. The Morgan fingerprint density at radius 2 is 1.55 bits per heavy atom. The van der Waals surface area contributed by atoms with Crippen LogP contribution in [0.1, 0.15) is 38.5 Å². The molecular weight excluding hydrogens is 606 g/mol. The Hall–Kier alpha value is -4.43. The lowest BCUT2D eigenvalue weighted by Gasteiger charge is -2.35. The van der Waals surface area contributed by atoms with Crippen LogP contribution in [0, 0.1) is 0 Å². The molecule has 7 rings (SSSR count). The second-order valence-electron chi connectivity index (χ2n) is 12.8. The Morgan fingerprint density at radius 1 is 0.787 bits per heavy atom. The van der Waals surface area contributed by atoms with Gasteiger partial charge in [-0.05, 0) is 91.4 Å².